The Hall–Kier alpha value is -2.76. The number of fused-ring (bicyclic) bond motifs is 1. The minimum Gasteiger partial charge on any atom is -0.316 e. The van der Waals surface area contributed by atoms with Crippen molar-refractivity contribution < 1.29 is 4.79 Å². The highest BCUT2D eigenvalue weighted by Gasteiger charge is 2.25. The molecule has 8 heteroatoms. The molecule has 1 unspecified atom stereocenters. The molecule has 1 aromatic carbocycles. The highest BCUT2D eigenvalue weighted by Crippen LogP contribution is 2.38. The molecule has 1 aliphatic carbocycles. The number of hydrogen-bond donors (Lipinski definition) is 1. The molecular weight excluding hydrogens is 414 g/mol. The van der Waals surface area contributed by atoms with Crippen molar-refractivity contribution in [3.63, 3.8) is 0 Å². The lowest BCUT2D eigenvalue weighted by Crippen LogP contribution is -2.24. The third-order valence-corrected chi connectivity index (χ3v) is 7.48. The number of aromatic nitrogens is 3. The summed E-state index contributed by atoms with van der Waals surface area (Å²) in [4.78, 5) is 18.5. The van der Waals surface area contributed by atoms with Gasteiger partial charge < -0.3 is 5.32 Å². The minimum absolute atomic E-state index is 0.131. The summed E-state index contributed by atoms with van der Waals surface area (Å²) in [6.07, 6.45) is 6.45. The fourth-order valence-electron chi connectivity index (χ4n) is 3.47. The predicted molar refractivity (Wildman–Crippen MR) is 120 cm³/mol. The maximum atomic E-state index is 12.9. The molecule has 1 atom stereocenters. The van der Waals surface area contributed by atoms with Gasteiger partial charge in [-0.25, -0.2) is 4.98 Å². The molecule has 0 saturated heterocycles. The second kappa shape index (κ2) is 9.37. The van der Waals surface area contributed by atoms with Crippen LogP contribution in [-0.2, 0) is 17.6 Å². The second-order valence-corrected chi connectivity index (χ2v) is 9.30. The molecule has 0 radical (unpaired) electrons. The van der Waals surface area contributed by atoms with Gasteiger partial charge in [0.2, 0.25) is 11.1 Å². The molecule has 30 heavy (non-hydrogen) atoms. The van der Waals surface area contributed by atoms with E-state index in [0.29, 0.717) is 27.8 Å². The first-order valence-electron chi connectivity index (χ1n) is 9.97. The number of nitriles is 1. The third kappa shape index (κ3) is 4.37. The Labute approximate surface area is 183 Å². The molecule has 0 saturated carbocycles. The number of nitrogens with zero attached hydrogens (tertiary/aromatic N) is 4. The average molecular weight is 436 g/mol. The number of amides is 1. The normalized spacial score (nSPS) is 13.9. The van der Waals surface area contributed by atoms with Gasteiger partial charge in [0.25, 0.3) is 0 Å². The number of rotatable bonds is 6. The molecule has 152 valence electrons. The third-order valence-electron chi connectivity index (χ3n) is 5.04. The van der Waals surface area contributed by atoms with Crippen LogP contribution in [0, 0.1) is 11.3 Å². The maximum Gasteiger partial charge on any atom is 0.238 e. The van der Waals surface area contributed by atoms with Crippen LogP contribution in [0.4, 0.5) is 5.00 Å². The van der Waals surface area contributed by atoms with E-state index >= 15 is 0 Å². The van der Waals surface area contributed by atoms with Crippen molar-refractivity contribution in [2.75, 3.05) is 5.32 Å². The Balaban J connectivity index is 1.46. The molecule has 2 heterocycles. The molecule has 0 bridgehead atoms. The van der Waals surface area contributed by atoms with Crippen LogP contribution in [0.2, 0.25) is 0 Å². The SMILES string of the molecule is CCC(Sc1ncc(-c2ccccc2)nn1)C(=O)Nc1sc2c(c1C#N)CCCC2. The van der Waals surface area contributed by atoms with E-state index in [4.69, 9.17) is 0 Å². The molecule has 4 rings (SSSR count). The van der Waals surface area contributed by atoms with E-state index in [1.807, 2.05) is 37.3 Å². The lowest BCUT2D eigenvalue weighted by molar-refractivity contribution is -0.115. The van der Waals surface area contributed by atoms with E-state index in [2.05, 4.69) is 26.6 Å². The van der Waals surface area contributed by atoms with Gasteiger partial charge in [-0.3, -0.25) is 4.79 Å². The van der Waals surface area contributed by atoms with Crippen LogP contribution in [0.5, 0.6) is 0 Å². The number of thioether (sulfide) groups is 1. The van der Waals surface area contributed by atoms with Crippen molar-refractivity contribution >= 4 is 34.0 Å². The van der Waals surface area contributed by atoms with Gasteiger partial charge in [-0.2, -0.15) is 5.26 Å². The number of nitrogens with one attached hydrogen (secondary N) is 1. The zero-order chi connectivity index (χ0) is 20.9. The number of benzene rings is 1. The van der Waals surface area contributed by atoms with Crippen LogP contribution in [0.3, 0.4) is 0 Å². The Morgan fingerprint density at radius 1 is 1.27 bits per heavy atom. The summed E-state index contributed by atoms with van der Waals surface area (Å²) in [5.74, 6) is -0.131. The standard InChI is InChI=1S/C22H21N5OS2/c1-2-18(30-22-24-13-17(26-27-22)14-8-4-3-5-9-14)20(28)25-21-16(12-23)15-10-6-7-11-19(15)29-21/h3-5,8-9,13,18H,2,6-7,10-11H2,1H3,(H,25,28). The van der Waals surface area contributed by atoms with E-state index in [9.17, 15) is 10.1 Å². The van der Waals surface area contributed by atoms with Gasteiger partial charge in [0.15, 0.2) is 0 Å². The number of aryl methyl sites for hydroxylation is 1. The van der Waals surface area contributed by atoms with Crippen molar-refractivity contribution in [2.24, 2.45) is 0 Å². The number of carbonyl (C=O) groups is 1. The van der Waals surface area contributed by atoms with Crippen LogP contribution < -0.4 is 5.32 Å². The number of anilines is 1. The topological polar surface area (TPSA) is 91.6 Å². The minimum atomic E-state index is -0.361. The Morgan fingerprint density at radius 2 is 2.07 bits per heavy atom. The van der Waals surface area contributed by atoms with Crippen LogP contribution in [0.25, 0.3) is 11.3 Å². The summed E-state index contributed by atoms with van der Waals surface area (Å²) in [6.45, 7) is 1.95. The fourth-order valence-corrected chi connectivity index (χ4v) is 5.51. The molecule has 3 aromatic rings. The number of hydrogen-bond acceptors (Lipinski definition) is 7. The lowest BCUT2D eigenvalue weighted by Gasteiger charge is -2.13. The van der Waals surface area contributed by atoms with E-state index < -0.39 is 0 Å². The van der Waals surface area contributed by atoms with Gasteiger partial charge in [0.05, 0.1) is 17.0 Å². The summed E-state index contributed by atoms with van der Waals surface area (Å²) in [5.41, 5.74) is 3.40. The Kier molecular flexibility index (Phi) is 6.41. The van der Waals surface area contributed by atoms with Gasteiger partial charge in [-0.1, -0.05) is 49.0 Å². The molecule has 6 nitrogen and oxygen atoms in total. The summed E-state index contributed by atoms with van der Waals surface area (Å²) >= 11 is 2.83. The zero-order valence-electron chi connectivity index (χ0n) is 16.6. The lowest BCUT2D eigenvalue weighted by atomic mass is 9.96. The van der Waals surface area contributed by atoms with Crippen LogP contribution in [-0.4, -0.2) is 26.3 Å². The molecule has 1 amide bonds. The van der Waals surface area contributed by atoms with Gasteiger partial charge in [0.1, 0.15) is 16.8 Å². The second-order valence-electron chi connectivity index (χ2n) is 7.02. The first kappa shape index (κ1) is 20.5. The maximum absolute atomic E-state index is 12.9. The molecular formula is C22H21N5OS2. The quantitative estimate of drug-likeness (QED) is 0.556. The fraction of sp³-hybridized carbons (Fsp3) is 0.318. The van der Waals surface area contributed by atoms with Crippen molar-refractivity contribution in [3.8, 4) is 17.3 Å². The molecule has 0 spiro atoms. The van der Waals surface area contributed by atoms with E-state index in [1.165, 1.54) is 16.6 Å². The van der Waals surface area contributed by atoms with Crippen molar-refractivity contribution in [2.45, 2.75) is 49.4 Å². The van der Waals surface area contributed by atoms with Gasteiger partial charge >= 0.3 is 0 Å². The highest BCUT2D eigenvalue weighted by molar-refractivity contribution is 8.00. The van der Waals surface area contributed by atoms with Gasteiger partial charge in [-0.15, -0.1) is 21.5 Å². The summed E-state index contributed by atoms with van der Waals surface area (Å²) in [6, 6.07) is 12.0. The molecule has 2 aromatic heterocycles. The van der Waals surface area contributed by atoms with Crippen LogP contribution in [0.15, 0.2) is 41.7 Å². The largest absolute Gasteiger partial charge is 0.316 e. The number of thiophene rings is 1. The van der Waals surface area contributed by atoms with E-state index in [0.717, 1.165) is 36.8 Å². The number of carbonyl (C=O) groups excluding carboxylic acids is 1. The molecule has 1 N–H and O–H groups in total. The molecule has 1 aliphatic rings. The smallest absolute Gasteiger partial charge is 0.238 e. The molecule has 0 fully saturated rings. The Bertz CT molecular complexity index is 1070. The van der Waals surface area contributed by atoms with Crippen molar-refractivity contribution in [3.05, 3.63) is 52.5 Å². The average Bonchev–Trinajstić information content (AvgIpc) is 3.15. The van der Waals surface area contributed by atoms with E-state index in [1.54, 1.807) is 17.5 Å². The molecule has 0 aliphatic heterocycles. The van der Waals surface area contributed by atoms with Crippen LogP contribution in [0.1, 0.15) is 42.2 Å². The van der Waals surface area contributed by atoms with Crippen molar-refractivity contribution in [1.82, 2.24) is 15.2 Å². The van der Waals surface area contributed by atoms with Gasteiger partial charge in [-0.05, 0) is 37.7 Å². The van der Waals surface area contributed by atoms with E-state index in [-0.39, 0.29) is 11.2 Å². The monoisotopic (exact) mass is 435 g/mol. The van der Waals surface area contributed by atoms with Gasteiger partial charge in [0, 0.05) is 10.4 Å². The van der Waals surface area contributed by atoms with Crippen molar-refractivity contribution in [1.29, 1.82) is 5.26 Å². The summed E-state index contributed by atoms with van der Waals surface area (Å²) < 4.78 is 0. The first-order valence-corrected chi connectivity index (χ1v) is 11.7. The van der Waals surface area contributed by atoms with Crippen LogP contribution >= 0.6 is 23.1 Å². The first-order chi connectivity index (χ1) is 14.7. The Morgan fingerprint density at radius 3 is 2.77 bits per heavy atom. The highest BCUT2D eigenvalue weighted by atomic mass is 32.2. The summed E-state index contributed by atoms with van der Waals surface area (Å²) in [5, 5.41) is 21.8. The zero-order valence-corrected chi connectivity index (χ0v) is 18.2. The summed E-state index contributed by atoms with van der Waals surface area (Å²) in [7, 11) is 0. The predicted octanol–water partition coefficient (Wildman–Crippen LogP) is 4.86.